The third-order valence-corrected chi connectivity index (χ3v) is 3.08. The highest BCUT2D eigenvalue weighted by atomic mass is 32.1. The molecule has 0 saturated heterocycles. The van der Waals surface area contributed by atoms with Crippen LogP contribution in [0.15, 0.2) is 11.2 Å². The summed E-state index contributed by atoms with van der Waals surface area (Å²) in [7, 11) is 1.70. The predicted molar refractivity (Wildman–Crippen MR) is 76.1 cm³/mol. The third-order valence-electron chi connectivity index (χ3n) is 2.19. The van der Waals surface area contributed by atoms with E-state index in [9.17, 15) is 0 Å². The molecule has 0 bridgehead atoms. The van der Waals surface area contributed by atoms with E-state index in [0.717, 1.165) is 17.5 Å². The molecule has 0 spiro atoms. The fourth-order valence-corrected chi connectivity index (χ4v) is 2.18. The molecule has 5 nitrogen and oxygen atoms in total. The first-order valence-electron chi connectivity index (χ1n) is 6.10. The normalized spacial score (nSPS) is 13.4. The first kappa shape index (κ1) is 14.9. The summed E-state index contributed by atoms with van der Waals surface area (Å²) in [5, 5.41) is 7.53. The summed E-state index contributed by atoms with van der Waals surface area (Å²) in [6, 6.07) is 0.228. The van der Waals surface area contributed by atoms with Crippen LogP contribution in [0.5, 0.6) is 0 Å². The lowest BCUT2D eigenvalue weighted by Gasteiger charge is -2.16. The maximum absolute atomic E-state index is 5.09. The second-order valence-electron chi connectivity index (χ2n) is 4.06. The summed E-state index contributed by atoms with van der Waals surface area (Å²) in [4.78, 5) is 10.0. The number of ether oxygens (including phenoxy) is 1. The fourth-order valence-electron chi connectivity index (χ4n) is 1.47. The van der Waals surface area contributed by atoms with Gasteiger partial charge in [-0.25, -0.2) is 9.98 Å². The van der Waals surface area contributed by atoms with Crippen LogP contribution < -0.4 is 10.6 Å². The van der Waals surface area contributed by atoms with Crippen LogP contribution in [0.2, 0.25) is 0 Å². The molecule has 2 N–H and O–H groups in total. The number of aromatic nitrogens is 1. The summed E-state index contributed by atoms with van der Waals surface area (Å²) in [5.74, 6) is 0.801. The van der Waals surface area contributed by atoms with Crippen LogP contribution in [0.4, 0.5) is 0 Å². The van der Waals surface area contributed by atoms with Gasteiger partial charge in [-0.15, -0.1) is 11.3 Å². The second kappa shape index (κ2) is 8.05. The van der Waals surface area contributed by atoms with Crippen molar-refractivity contribution in [1.29, 1.82) is 0 Å². The van der Waals surface area contributed by atoms with Gasteiger partial charge in [-0.1, -0.05) is 0 Å². The van der Waals surface area contributed by atoms with Gasteiger partial charge in [0.1, 0.15) is 5.01 Å². The molecule has 1 aromatic heterocycles. The standard InChI is InChI=1S/C12H22N4OS/c1-5-13-12(16-9(2)8-17-4)15-7-11-14-6-10(3)18-11/h6,9H,5,7-8H2,1-4H3,(H2,13,15,16). The van der Waals surface area contributed by atoms with E-state index in [2.05, 4.69) is 34.5 Å². The van der Waals surface area contributed by atoms with Gasteiger partial charge >= 0.3 is 0 Å². The monoisotopic (exact) mass is 270 g/mol. The molecule has 0 aliphatic carbocycles. The molecule has 0 aliphatic heterocycles. The Hall–Kier alpha value is -1.14. The summed E-state index contributed by atoms with van der Waals surface area (Å²) < 4.78 is 5.09. The minimum atomic E-state index is 0.228. The zero-order valence-electron chi connectivity index (χ0n) is 11.5. The van der Waals surface area contributed by atoms with Crippen molar-refractivity contribution in [2.45, 2.75) is 33.4 Å². The summed E-state index contributed by atoms with van der Waals surface area (Å²) in [5.41, 5.74) is 0. The fraction of sp³-hybridized carbons (Fsp3) is 0.667. The summed E-state index contributed by atoms with van der Waals surface area (Å²) in [6.45, 7) is 8.25. The third kappa shape index (κ3) is 5.46. The van der Waals surface area contributed by atoms with Gasteiger partial charge in [-0.3, -0.25) is 0 Å². The zero-order valence-corrected chi connectivity index (χ0v) is 12.3. The molecule has 1 rings (SSSR count). The molecule has 0 aliphatic rings. The Kier molecular flexibility index (Phi) is 6.67. The molecule has 18 heavy (non-hydrogen) atoms. The zero-order chi connectivity index (χ0) is 13.4. The molecular weight excluding hydrogens is 248 g/mol. The lowest BCUT2D eigenvalue weighted by atomic mass is 10.4. The first-order chi connectivity index (χ1) is 8.65. The molecule has 1 unspecified atom stereocenters. The summed E-state index contributed by atoms with van der Waals surface area (Å²) in [6.07, 6.45) is 1.88. The minimum Gasteiger partial charge on any atom is -0.383 e. The maximum atomic E-state index is 5.09. The minimum absolute atomic E-state index is 0.228. The molecule has 1 atom stereocenters. The Balaban J connectivity index is 2.54. The van der Waals surface area contributed by atoms with Gasteiger partial charge in [0.2, 0.25) is 0 Å². The van der Waals surface area contributed by atoms with E-state index in [1.54, 1.807) is 18.4 Å². The number of nitrogens with one attached hydrogen (secondary N) is 2. The molecular formula is C12H22N4OS. The van der Waals surface area contributed by atoms with Crippen molar-refractivity contribution in [3.63, 3.8) is 0 Å². The van der Waals surface area contributed by atoms with Crippen molar-refractivity contribution in [1.82, 2.24) is 15.6 Å². The number of hydrogen-bond acceptors (Lipinski definition) is 4. The Morgan fingerprint density at radius 1 is 1.61 bits per heavy atom. The topological polar surface area (TPSA) is 58.5 Å². The second-order valence-corrected chi connectivity index (χ2v) is 5.38. The highest BCUT2D eigenvalue weighted by molar-refractivity contribution is 7.11. The van der Waals surface area contributed by atoms with Crippen LogP contribution in [-0.4, -0.2) is 37.2 Å². The van der Waals surface area contributed by atoms with E-state index < -0.39 is 0 Å². The summed E-state index contributed by atoms with van der Waals surface area (Å²) >= 11 is 1.68. The smallest absolute Gasteiger partial charge is 0.191 e. The van der Waals surface area contributed by atoms with Crippen molar-refractivity contribution in [2.24, 2.45) is 4.99 Å². The van der Waals surface area contributed by atoms with Crippen molar-refractivity contribution in [3.05, 3.63) is 16.1 Å². The van der Waals surface area contributed by atoms with Crippen LogP contribution in [0.1, 0.15) is 23.7 Å². The number of aliphatic imine (C=N–C) groups is 1. The van der Waals surface area contributed by atoms with Crippen molar-refractivity contribution in [3.8, 4) is 0 Å². The van der Waals surface area contributed by atoms with Crippen LogP contribution in [0.25, 0.3) is 0 Å². The molecule has 0 radical (unpaired) electrons. The Morgan fingerprint density at radius 3 is 2.94 bits per heavy atom. The Morgan fingerprint density at radius 2 is 2.39 bits per heavy atom. The van der Waals surface area contributed by atoms with Crippen molar-refractivity contribution >= 4 is 17.3 Å². The van der Waals surface area contributed by atoms with Crippen molar-refractivity contribution < 1.29 is 4.74 Å². The molecule has 1 aromatic rings. The molecule has 0 fully saturated rings. The van der Waals surface area contributed by atoms with Gasteiger partial charge in [-0.05, 0) is 20.8 Å². The van der Waals surface area contributed by atoms with Crippen LogP contribution in [0, 0.1) is 6.92 Å². The number of guanidine groups is 1. The van der Waals surface area contributed by atoms with Gasteiger partial charge in [-0.2, -0.15) is 0 Å². The quantitative estimate of drug-likeness (QED) is 0.608. The highest BCUT2D eigenvalue weighted by Gasteiger charge is 2.05. The van der Waals surface area contributed by atoms with E-state index in [4.69, 9.17) is 4.74 Å². The van der Waals surface area contributed by atoms with E-state index in [1.807, 2.05) is 13.1 Å². The van der Waals surface area contributed by atoms with Gasteiger partial charge in [0.25, 0.3) is 0 Å². The van der Waals surface area contributed by atoms with Crippen LogP contribution in [-0.2, 0) is 11.3 Å². The van der Waals surface area contributed by atoms with Gasteiger partial charge in [0.05, 0.1) is 13.2 Å². The van der Waals surface area contributed by atoms with E-state index in [0.29, 0.717) is 13.2 Å². The number of nitrogens with zero attached hydrogens (tertiary/aromatic N) is 2. The average molecular weight is 270 g/mol. The number of hydrogen-bond donors (Lipinski definition) is 2. The number of rotatable bonds is 6. The van der Waals surface area contributed by atoms with Gasteiger partial charge < -0.3 is 15.4 Å². The predicted octanol–water partition coefficient (Wildman–Crippen LogP) is 1.54. The lowest BCUT2D eigenvalue weighted by Crippen LogP contribution is -2.43. The first-order valence-corrected chi connectivity index (χ1v) is 6.92. The van der Waals surface area contributed by atoms with Crippen LogP contribution in [0.3, 0.4) is 0 Å². The lowest BCUT2D eigenvalue weighted by molar-refractivity contribution is 0.179. The number of thiazole rings is 1. The average Bonchev–Trinajstić information content (AvgIpc) is 2.73. The highest BCUT2D eigenvalue weighted by Crippen LogP contribution is 2.11. The Labute approximate surface area is 113 Å². The van der Waals surface area contributed by atoms with E-state index >= 15 is 0 Å². The number of aryl methyl sites for hydroxylation is 1. The molecule has 1 heterocycles. The molecule has 0 saturated carbocycles. The van der Waals surface area contributed by atoms with E-state index in [1.165, 1.54) is 4.88 Å². The molecule has 0 aromatic carbocycles. The molecule has 102 valence electrons. The van der Waals surface area contributed by atoms with Gasteiger partial charge in [0.15, 0.2) is 5.96 Å². The SMILES string of the molecule is CCNC(=NCc1ncc(C)s1)NC(C)COC. The van der Waals surface area contributed by atoms with Crippen molar-refractivity contribution in [2.75, 3.05) is 20.3 Å². The van der Waals surface area contributed by atoms with Gasteiger partial charge in [0, 0.05) is 30.8 Å². The maximum Gasteiger partial charge on any atom is 0.191 e. The number of methoxy groups -OCH3 is 1. The van der Waals surface area contributed by atoms with E-state index in [-0.39, 0.29) is 6.04 Å². The molecule has 6 heteroatoms. The van der Waals surface area contributed by atoms with Crippen LogP contribution >= 0.6 is 11.3 Å². The Bertz CT molecular complexity index is 378. The molecule has 0 amide bonds. The largest absolute Gasteiger partial charge is 0.383 e.